The van der Waals surface area contributed by atoms with Crippen molar-refractivity contribution < 1.29 is 14.3 Å². The highest BCUT2D eigenvalue weighted by Gasteiger charge is 2.30. The van der Waals surface area contributed by atoms with Crippen molar-refractivity contribution in [1.29, 1.82) is 0 Å². The van der Waals surface area contributed by atoms with E-state index in [1.54, 1.807) is 12.1 Å². The molecule has 0 radical (unpaired) electrons. The summed E-state index contributed by atoms with van der Waals surface area (Å²) in [7, 11) is 0. The zero-order chi connectivity index (χ0) is 9.26. The first-order valence-corrected chi connectivity index (χ1v) is 4.01. The molecule has 0 saturated heterocycles. The lowest BCUT2D eigenvalue weighted by Gasteiger charge is -2.01. The molecule has 0 spiro atoms. The summed E-state index contributed by atoms with van der Waals surface area (Å²) < 4.78 is 5.19. The molecular formula is C10H8O3. The Morgan fingerprint density at radius 1 is 1.00 bits per heavy atom. The number of benzene rings is 1. The van der Waals surface area contributed by atoms with E-state index in [1.165, 1.54) is 0 Å². The number of fused-ring (bicyclic) bond motifs is 1. The van der Waals surface area contributed by atoms with Crippen molar-refractivity contribution in [3.8, 4) is 0 Å². The van der Waals surface area contributed by atoms with Crippen molar-refractivity contribution in [2.75, 3.05) is 0 Å². The van der Waals surface area contributed by atoms with Gasteiger partial charge >= 0.3 is 0 Å². The maximum Gasteiger partial charge on any atom is 0.153 e. The number of hydrogen-bond acceptors (Lipinski definition) is 3. The van der Waals surface area contributed by atoms with Gasteiger partial charge in [-0.2, -0.15) is 0 Å². The first-order valence-electron chi connectivity index (χ1n) is 4.01. The van der Waals surface area contributed by atoms with Gasteiger partial charge in [0.25, 0.3) is 0 Å². The van der Waals surface area contributed by atoms with Crippen molar-refractivity contribution >= 4 is 12.6 Å². The SMILES string of the molecule is O=C[C@@H]1O[C@H](C=O)c2ccccc21. The predicted octanol–water partition coefficient (Wildman–Crippen LogP) is 1.20. The Kier molecular flexibility index (Phi) is 1.94. The Balaban J connectivity index is 2.49. The Hall–Kier alpha value is -1.48. The van der Waals surface area contributed by atoms with Gasteiger partial charge in [0.2, 0.25) is 0 Å². The number of carbonyl (C=O) groups excluding carboxylic acids is 2. The molecule has 1 aliphatic rings. The molecule has 0 amide bonds. The van der Waals surface area contributed by atoms with Gasteiger partial charge in [-0.3, -0.25) is 0 Å². The molecule has 13 heavy (non-hydrogen) atoms. The van der Waals surface area contributed by atoms with Gasteiger partial charge in [-0.25, -0.2) is 0 Å². The molecule has 66 valence electrons. The normalized spacial score (nSPS) is 25.2. The predicted molar refractivity (Wildman–Crippen MR) is 45.1 cm³/mol. The van der Waals surface area contributed by atoms with Crippen LogP contribution in [0.4, 0.5) is 0 Å². The lowest BCUT2D eigenvalue weighted by molar-refractivity contribution is -0.127. The van der Waals surface area contributed by atoms with E-state index in [4.69, 9.17) is 4.74 Å². The Bertz CT molecular complexity index is 313. The smallest absolute Gasteiger partial charge is 0.153 e. The molecule has 0 aliphatic carbocycles. The van der Waals surface area contributed by atoms with Crippen molar-refractivity contribution in [3.05, 3.63) is 35.4 Å². The second-order valence-corrected chi connectivity index (χ2v) is 2.88. The molecule has 0 saturated carbocycles. The van der Waals surface area contributed by atoms with Crippen molar-refractivity contribution in [3.63, 3.8) is 0 Å². The van der Waals surface area contributed by atoms with Gasteiger partial charge in [-0.15, -0.1) is 0 Å². The lowest BCUT2D eigenvalue weighted by Crippen LogP contribution is -1.99. The molecular weight excluding hydrogens is 168 g/mol. The summed E-state index contributed by atoms with van der Waals surface area (Å²) in [5, 5.41) is 0. The quantitative estimate of drug-likeness (QED) is 0.636. The molecule has 0 aromatic heterocycles. The summed E-state index contributed by atoms with van der Waals surface area (Å²) >= 11 is 0. The van der Waals surface area contributed by atoms with Crippen LogP contribution in [0.25, 0.3) is 0 Å². The van der Waals surface area contributed by atoms with E-state index in [0.717, 1.165) is 11.1 Å². The van der Waals surface area contributed by atoms with Crippen LogP contribution in [0.2, 0.25) is 0 Å². The Morgan fingerprint density at radius 2 is 1.46 bits per heavy atom. The maximum absolute atomic E-state index is 10.6. The summed E-state index contributed by atoms with van der Waals surface area (Å²) in [6.07, 6.45) is 0.266. The summed E-state index contributed by atoms with van der Waals surface area (Å²) in [5.74, 6) is 0. The fraction of sp³-hybridized carbons (Fsp3) is 0.200. The molecule has 0 fully saturated rings. The minimum Gasteiger partial charge on any atom is -0.351 e. The van der Waals surface area contributed by atoms with Crippen molar-refractivity contribution in [2.24, 2.45) is 0 Å². The van der Waals surface area contributed by atoms with Crippen LogP contribution in [0.3, 0.4) is 0 Å². The van der Waals surface area contributed by atoms with Gasteiger partial charge in [0.05, 0.1) is 0 Å². The monoisotopic (exact) mass is 176 g/mol. The fourth-order valence-electron chi connectivity index (χ4n) is 1.54. The van der Waals surface area contributed by atoms with Gasteiger partial charge in [0.15, 0.2) is 12.6 Å². The molecule has 2 rings (SSSR count). The van der Waals surface area contributed by atoms with Crippen LogP contribution >= 0.6 is 0 Å². The van der Waals surface area contributed by atoms with Crippen LogP contribution in [0.15, 0.2) is 24.3 Å². The molecule has 3 heteroatoms. The van der Waals surface area contributed by atoms with Crippen LogP contribution in [0, 0.1) is 0 Å². The molecule has 3 nitrogen and oxygen atoms in total. The standard InChI is InChI=1S/C10H8O3/c11-5-9-7-3-1-2-4-8(7)10(6-12)13-9/h1-6,9-10H/t9-,10+. The van der Waals surface area contributed by atoms with E-state index >= 15 is 0 Å². The van der Waals surface area contributed by atoms with Gasteiger partial charge in [0.1, 0.15) is 12.2 Å². The zero-order valence-electron chi connectivity index (χ0n) is 6.84. The minimum atomic E-state index is -0.577. The molecule has 0 unspecified atom stereocenters. The van der Waals surface area contributed by atoms with E-state index in [-0.39, 0.29) is 0 Å². The van der Waals surface area contributed by atoms with E-state index in [1.807, 2.05) is 12.1 Å². The number of carbonyl (C=O) groups is 2. The van der Waals surface area contributed by atoms with E-state index in [9.17, 15) is 9.59 Å². The number of rotatable bonds is 2. The largest absolute Gasteiger partial charge is 0.351 e. The summed E-state index contributed by atoms with van der Waals surface area (Å²) in [6, 6.07) is 7.26. The van der Waals surface area contributed by atoms with E-state index < -0.39 is 12.2 Å². The number of hydrogen-bond donors (Lipinski definition) is 0. The van der Waals surface area contributed by atoms with Crippen molar-refractivity contribution in [2.45, 2.75) is 12.2 Å². The van der Waals surface area contributed by atoms with E-state index in [2.05, 4.69) is 0 Å². The van der Waals surface area contributed by atoms with Crippen LogP contribution in [-0.2, 0) is 14.3 Å². The van der Waals surface area contributed by atoms with Crippen LogP contribution in [0.5, 0.6) is 0 Å². The van der Waals surface area contributed by atoms with Crippen LogP contribution < -0.4 is 0 Å². The minimum absolute atomic E-state index is 0.577. The third-order valence-electron chi connectivity index (χ3n) is 2.15. The topological polar surface area (TPSA) is 43.4 Å². The average molecular weight is 176 g/mol. The number of aldehydes is 2. The summed E-state index contributed by atoms with van der Waals surface area (Å²) in [5.41, 5.74) is 1.60. The average Bonchev–Trinajstić information content (AvgIpc) is 2.56. The third-order valence-corrected chi connectivity index (χ3v) is 2.15. The second kappa shape index (κ2) is 3.11. The highest BCUT2D eigenvalue weighted by atomic mass is 16.5. The van der Waals surface area contributed by atoms with Gasteiger partial charge in [0, 0.05) is 0 Å². The first-order chi connectivity index (χ1) is 6.36. The Labute approximate surface area is 75.3 Å². The highest BCUT2D eigenvalue weighted by molar-refractivity contribution is 5.69. The number of ether oxygens (including phenoxy) is 1. The molecule has 1 aliphatic heterocycles. The van der Waals surface area contributed by atoms with Crippen LogP contribution in [-0.4, -0.2) is 12.6 Å². The van der Waals surface area contributed by atoms with Gasteiger partial charge in [-0.1, -0.05) is 24.3 Å². The third kappa shape index (κ3) is 1.17. The molecule has 0 N–H and O–H groups in total. The molecule has 1 heterocycles. The first kappa shape index (κ1) is 8.13. The maximum atomic E-state index is 10.6. The molecule has 0 bridgehead atoms. The molecule has 2 atom stereocenters. The highest BCUT2D eigenvalue weighted by Crippen LogP contribution is 2.36. The summed E-state index contributed by atoms with van der Waals surface area (Å²) in [4.78, 5) is 21.2. The Morgan fingerprint density at radius 3 is 1.85 bits per heavy atom. The van der Waals surface area contributed by atoms with Gasteiger partial charge in [-0.05, 0) is 11.1 Å². The second-order valence-electron chi connectivity index (χ2n) is 2.88. The van der Waals surface area contributed by atoms with Crippen molar-refractivity contribution in [1.82, 2.24) is 0 Å². The van der Waals surface area contributed by atoms with E-state index in [0.29, 0.717) is 12.6 Å². The molecule has 1 aromatic rings. The summed E-state index contributed by atoms with van der Waals surface area (Å²) in [6.45, 7) is 0. The molecule has 1 aromatic carbocycles. The van der Waals surface area contributed by atoms with Crippen LogP contribution in [0.1, 0.15) is 23.3 Å². The van der Waals surface area contributed by atoms with Gasteiger partial charge < -0.3 is 14.3 Å². The fourth-order valence-corrected chi connectivity index (χ4v) is 1.54. The zero-order valence-corrected chi connectivity index (χ0v) is 6.84. The lowest BCUT2D eigenvalue weighted by atomic mass is 10.0.